The highest BCUT2D eigenvalue weighted by molar-refractivity contribution is 7.99. The maximum Gasteiger partial charge on any atom is 0.313 e. The normalized spacial score (nSPS) is 11.0. The molecule has 6 nitrogen and oxygen atoms in total. The summed E-state index contributed by atoms with van der Waals surface area (Å²) in [7, 11) is 0. The number of carbonyl (C=O) groups is 1. The zero-order valence-electron chi connectivity index (χ0n) is 12.0. The molecule has 0 radical (unpaired) electrons. The Kier molecular flexibility index (Phi) is 6.14. The fourth-order valence-corrected chi connectivity index (χ4v) is 2.55. The Morgan fingerprint density at radius 1 is 1.42 bits per heavy atom. The second-order valence-corrected chi connectivity index (χ2v) is 5.44. The van der Waals surface area contributed by atoms with Crippen LogP contribution in [0.1, 0.15) is 34.1 Å². The lowest BCUT2D eigenvalue weighted by Gasteiger charge is -2.27. The number of carboxylic acid groups (broad SMARTS) is 1. The number of anilines is 1. The summed E-state index contributed by atoms with van der Waals surface area (Å²) in [6.45, 7) is 10.0. The molecule has 0 aliphatic heterocycles. The molecule has 0 aliphatic rings. The molecule has 108 valence electrons. The SMILES string of the molecule is CCCN(c1nnc(SCC(=O)O)n1CC)C(C)C. The Morgan fingerprint density at radius 3 is 2.58 bits per heavy atom. The van der Waals surface area contributed by atoms with E-state index in [4.69, 9.17) is 5.11 Å². The molecule has 19 heavy (non-hydrogen) atoms. The highest BCUT2D eigenvalue weighted by Crippen LogP contribution is 2.23. The topological polar surface area (TPSA) is 71.2 Å². The first-order chi connectivity index (χ1) is 9.01. The first kappa shape index (κ1) is 15.8. The fraction of sp³-hybridized carbons (Fsp3) is 0.750. The summed E-state index contributed by atoms with van der Waals surface area (Å²) in [4.78, 5) is 12.8. The lowest BCUT2D eigenvalue weighted by atomic mass is 10.3. The van der Waals surface area contributed by atoms with Gasteiger partial charge in [-0.2, -0.15) is 0 Å². The van der Waals surface area contributed by atoms with Crippen molar-refractivity contribution in [2.75, 3.05) is 17.2 Å². The van der Waals surface area contributed by atoms with Gasteiger partial charge in [-0.25, -0.2) is 0 Å². The molecular formula is C12H22N4O2S. The van der Waals surface area contributed by atoms with Crippen molar-refractivity contribution in [3.8, 4) is 0 Å². The zero-order valence-corrected chi connectivity index (χ0v) is 12.8. The number of thioether (sulfide) groups is 1. The van der Waals surface area contributed by atoms with Crippen molar-refractivity contribution in [2.24, 2.45) is 0 Å². The van der Waals surface area contributed by atoms with Gasteiger partial charge in [-0.05, 0) is 27.2 Å². The van der Waals surface area contributed by atoms with Crippen LogP contribution in [-0.2, 0) is 11.3 Å². The van der Waals surface area contributed by atoms with Gasteiger partial charge in [0.25, 0.3) is 0 Å². The molecule has 0 aromatic carbocycles. The van der Waals surface area contributed by atoms with Gasteiger partial charge in [0.1, 0.15) is 0 Å². The quantitative estimate of drug-likeness (QED) is 0.738. The van der Waals surface area contributed by atoms with E-state index in [0.29, 0.717) is 11.2 Å². The van der Waals surface area contributed by atoms with E-state index in [-0.39, 0.29) is 5.75 Å². The van der Waals surface area contributed by atoms with Crippen LogP contribution in [0.5, 0.6) is 0 Å². The Hall–Kier alpha value is -1.24. The molecule has 7 heteroatoms. The molecule has 0 atom stereocenters. The van der Waals surface area contributed by atoms with E-state index in [1.165, 1.54) is 11.8 Å². The summed E-state index contributed by atoms with van der Waals surface area (Å²) in [5, 5.41) is 17.8. The van der Waals surface area contributed by atoms with Crippen LogP contribution in [0.2, 0.25) is 0 Å². The molecule has 1 heterocycles. The number of aromatic nitrogens is 3. The van der Waals surface area contributed by atoms with E-state index in [9.17, 15) is 4.79 Å². The van der Waals surface area contributed by atoms with Crippen molar-refractivity contribution < 1.29 is 9.90 Å². The number of hydrogen-bond acceptors (Lipinski definition) is 5. The smallest absolute Gasteiger partial charge is 0.313 e. The minimum Gasteiger partial charge on any atom is -0.481 e. The Bertz CT molecular complexity index is 420. The van der Waals surface area contributed by atoms with Crippen LogP contribution >= 0.6 is 11.8 Å². The number of rotatable bonds is 8. The van der Waals surface area contributed by atoms with Gasteiger partial charge >= 0.3 is 5.97 Å². The number of carboxylic acids is 1. The van der Waals surface area contributed by atoms with Gasteiger partial charge in [-0.3, -0.25) is 9.36 Å². The van der Waals surface area contributed by atoms with Gasteiger partial charge in [-0.15, -0.1) is 10.2 Å². The number of aliphatic carboxylic acids is 1. The molecule has 0 saturated carbocycles. The largest absolute Gasteiger partial charge is 0.481 e. The van der Waals surface area contributed by atoms with Crippen LogP contribution in [-0.4, -0.2) is 44.2 Å². The number of hydrogen-bond donors (Lipinski definition) is 1. The van der Waals surface area contributed by atoms with Gasteiger partial charge in [0, 0.05) is 19.1 Å². The van der Waals surface area contributed by atoms with E-state index < -0.39 is 5.97 Å². The van der Waals surface area contributed by atoms with Crippen LogP contribution < -0.4 is 4.90 Å². The van der Waals surface area contributed by atoms with Gasteiger partial charge in [0.05, 0.1) is 5.75 Å². The summed E-state index contributed by atoms with van der Waals surface area (Å²) >= 11 is 1.21. The molecule has 0 unspecified atom stereocenters. The predicted octanol–water partition coefficient (Wildman–Crippen LogP) is 2.10. The average Bonchev–Trinajstić information content (AvgIpc) is 2.75. The molecule has 0 saturated heterocycles. The second-order valence-electron chi connectivity index (χ2n) is 4.50. The lowest BCUT2D eigenvalue weighted by Crippen LogP contribution is -2.34. The van der Waals surface area contributed by atoms with E-state index in [1.54, 1.807) is 0 Å². The Labute approximate surface area is 118 Å². The van der Waals surface area contributed by atoms with Gasteiger partial charge in [-0.1, -0.05) is 18.7 Å². The van der Waals surface area contributed by atoms with Crippen LogP contribution in [0.3, 0.4) is 0 Å². The molecule has 0 fully saturated rings. The molecule has 1 N–H and O–H groups in total. The second kappa shape index (κ2) is 7.37. The standard InChI is InChI=1S/C12H22N4O2S/c1-5-7-16(9(3)4)11-13-14-12(15(11)6-2)19-8-10(17)18/h9H,5-8H2,1-4H3,(H,17,18). The zero-order chi connectivity index (χ0) is 14.4. The minimum atomic E-state index is -0.841. The molecule has 0 bridgehead atoms. The van der Waals surface area contributed by atoms with E-state index >= 15 is 0 Å². The highest BCUT2D eigenvalue weighted by atomic mass is 32.2. The molecule has 1 aromatic rings. The molecule has 0 amide bonds. The van der Waals surface area contributed by atoms with Gasteiger partial charge < -0.3 is 10.0 Å². The van der Waals surface area contributed by atoms with E-state index in [0.717, 1.165) is 25.5 Å². The van der Waals surface area contributed by atoms with Gasteiger partial charge in [0.2, 0.25) is 5.95 Å². The van der Waals surface area contributed by atoms with Crippen molar-refractivity contribution in [3.63, 3.8) is 0 Å². The Balaban J connectivity index is 2.97. The molecule has 0 spiro atoms. The highest BCUT2D eigenvalue weighted by Gasteiger charge is 2.19. The predicted molar refractivity (Wildman–Crippen MR) is 76.8 cm³/mol. The third-order valence-corrected chi connectivity index (χ3v) is 3.63. The van der Waals surface area contributed by atoms with Crippen LogP contribution in [0.25, 0.3) is 0 Å². The van der Waals surface area contributed by atoms with Crippen LogP contribution in [0.15, 0.2) is 5.16 Å². The van der Waals surface area contributed by atoms with E-state index in [2.05, 4.69) is 35.9 Å². The Morgan fingerprint density at radius 2 is 2.11 bits per heavy atom. The van der Waals surface area contributed by atoms with Crippen molar-refractivity contribution in [1.82, 2.24) is 14.8 Å². The monoisotopic (exact) mass is 286 g/mol. The molecular weight excluding hydrogens is 264 g/mol. The summed E-state index contributed by atoms with van der Waals surface area (Å²) in [6, 6.07) is 0.340. The first-order valence-corrected chi connectivity index (χ1v) is 7.54. The maximum absolute atomic E-state index is 10.6. The lowest BCUT2D eigenvalue weighted by molar-refractivity contribution is -0.133. The van der Waals surface area contributed by atoms with Crippen molar-refractivity contribution in [3.05, 3.63) is 0 Å². The summed E-state index contributed by atoms with van der Waals surface area (Å²) < 4.78 is 1.98. The van der Waals surface area contributed by atoms with Crippen molar-refractivity contribution in [2.45, 2.75) is 51.9 Å². The third kappa shape index (κ3) is 4.12. The first-order valence-electron chi connectivity index (χ1n) is 6.55. The summed E-state index contributed by atoms with van der Waals surface area (Å²) in [5.41, 5.74) is 0. The van der Waals surface area contributed by atoms with Crippen molar-refractivity contribution in [1.29, 1.82) is 0 Å². The molecule has 1 aromatic heterocycles. The maximum atomic E-state index is 10.6. The summed E-state index contributed by atoms with van der Waals surface area (Å²) in [5.74, 6) is -0.00755. The van der Waals surface area contributed by atoms with Gasteiger partial charge in [0.15, 0.2) is 5.16 Å². The number of nitrogens with zero attached hydrogens (tertiary/aromatic N) is 4. The average molecular weight is 286 g/mol. The summed E-state index contributed by atoms with van der Waals surface area (Å²) in [6.07, 6.45) is 1.03. The third-order valence-electron chi connectivity index (χ3n) is 2.68. The van der Waals surface area contributed by atoms with Crippen LogP contribution in [0, 0.1) is 0 Å². The van der Waals surface area contributed by atoms with Crippen molar-refractivity contribution >= 4 is 23.7 Å². The molecule has 0 aliphatic carbocycles. The fourth-order valence-electron chi connectivity index (χ4n) is 1.83. The van der Waals surface area contributed by atoms with E-state index in [1.807, 2.05) is 11.5 Å². The molecule has 1 rings (SSSR count). The minimum absolute atomic E-state index is 0.00753. The van der Waals surface area contributed by atoms with Crippen LogP contribution in [0.4, 0.5) is 5.95 Å².